The molecule has 3 heterocycles. The summed E-state index contributed by atoms with van der Waals surface area (Å²) in [4.78, 5) is 51.1. The van der Waals surface area contributed by atoms with Crippen molar-refractivity contribution in [1.29, 1.82) is 0 Å². The first-order chi connectivity index (χ1) is 16.6. The summed E-state index contributed by atoms with van der Waals surface area (Å²) >= 11 is 7.70. The van der Waals surface area contributed by atoms with Gasteiger partial charge in [-0.2, -0.15) is 0 Å². The van der Waals surface area contributed by atoms with E-state index in [4.69, 9.17) is 16.3 Å². The maximum absolute atomic E-state index is 13.6. The number of halogens is 2. The first kappa shape index (κ1) is 27.7. The van der Waals surface area contributed by atoms with E-state index in [9.17, 15) is 14.4 Å². The highest BCUT2D eigenvalue weighted by atomic mass is 35.5. The van der Waals surface area contributed by atoms with Crippen LogP contribution >= 0.6 is 35.3 Å². The van der Waals surface area contributed by atoms with E-state index in [0.717, 1.165) is 15.8 Å². The van der Waals surface area contributed by atoms with E-state index < -0.39 is 11.2 Å². The standard InChI is InChI=1S/C22H26ClN7O4S.ClH/c1-26(2)9-6-10-30(21-25-16-14(34-5)8-7-13(23)18(16)35-21)15(31)11-29-12-24-19-17(29)20(32)28(4)22(33)27(19)3;/h7-8,12H,6,9-11H2,1-5H3;1H. The second-order valence-electron chi connectivity index (χ2n) is 8.38. The van der Waals surface area contributed by atoms with Gasteiger partial charge < -0.3 is 14.2 Å². The highest BCUT2D eigenvalue weighted by molar-refractivity contribution is 7.23. The molecule has 0 aliphatic rings. The number of methoxy groups -OCH3 is 1. The van der Waals surface area contributed by atoms with Crippen molar-refractivity contribution in [2.75, 3.05) is 39.2 Å². The van der Waals surface area contributed by atoms with Crippen LogP contribution in [0.2, 0.25) is 5.02 Å². The second-order valence-corrected chi connectivity index (χ2v) is 9.76. The number of imidazole rings is 1. The topological polar surface area (TPSA) is 107 Å². The number of fused-ring (bicyclic) bond motifs is 2. The van der Waals surface area contributed by atoms with Gasteiger partial charge in [-0.05, 0) is 39.2 Å². The van der Waals surface area contributed by atoms with Crippen LogP contribution in [0.15, 0.2) is 28.0 Å². The minimum absolute atomic E-state index is 0. The van der Waals surface area contributed by atoms with Gasteiger partial charge in [-0.3, -0.25) is 23.6 Å². The Hall–Kier alpha value is -2.93. The molecule has 1 amide bonds. The lowest BCUT2D eigenvalue weighted by Crippen LogP contribution is -2.39. The number of anilines is 1. The molecule has 0 bridgehead atoms. The molecule has 0 spiro atoms. The molecule has 0 atom stereocenters. The van der Waals surface area contributed by atoms with Gasteiger partial charge in [0.15, 0.2) is 16.3 Å². The van der Waals surface area contributed by atoms with E-state index in [1.165, 1.54) is 40.9 Å². The number of aryl methyl sites for hydroxylation is 1. The molecule has 0 aliphatic heterocycles. The smallest absolute Gasteiger partial charge is 0.332 e. The van der Waals surface area contributed by atoms with Gasteiger partial charge >= 0.3 is 5.69 Å². The molecule has 0 unspecified atom stereocenters. The van der Waals surface area contributed by atoms with Crippen molar-refractivity contribution < 1.29 is 9.53 Å². The molecule has 14 heteroatoms. The molecule has 0 saturated carbocycles. The predicted molar refractivity (Wildman–Crippen MR) is 144 cm³/mol. The third-order valence-electron chi connectivity index (χ3n) is 5.71. The monoisotopic (exact) mass is 555 g/mol. The summed E-state index contributed by atoms with van der Waals surface area (Å²) in [7, 11) is 8.42. The van der Waals surface area contributed by atoms with Crippen molar-refractivity contribution in [3.05, 3.63) is 44.3 Å². The number of rotatable bonds is 8. The molecule has 36 heavy (non-hydrogen) atoms. The summed E-state index contributed by atoms with van der Waals surface area (Å²) in [6.07, 6.45) is 2.11. The van der Waals surface area contributed by atoms with Crippen LogP contribution in [0.1, 0.15) is 6.42 Å². The Morgan fingerprint density at radius 2 is 1.89 bits per heavy atom. The SMILES string of the molecule is COc1ccc(Cl)c2sc(N(CCCN(C)C)C(=O)Cn3cnc4c3c(=O)n(C)c(=O)n4C)nc12.Cl. The molecule has 1 aromatic carbocycles. The Bertz CT molecular complexity index is 1540. The van der Waals surface area contributed by atoms with Gasteiger partial charge in [-0.15, -0.1) is 12.4 Å². The Morgan fingerprint density at radius 1 is 1.17 bits per heavy atom. The number of carbonyl (C=O) groups excluding carboxylic acids is 1. The fourth-order valence-corrected chi connectivity index (χ4v) is 5.14. The maximum atomic E-state index is 13.6. The Kier molecular flexibility index (Phi) is 8.44. The third-order valence-corrected chi connectivity index (χ3v) is 7.25. The number of carbonyl (C=O) groups is 1. The number of nitrogens with zero attached hydrogens (tertiary/aromatic N) is 7. The molecule has 0 N–H and O–H groups in total. The molecular weight excluding hydrogens is 529 g/mol. The van der Waals surface area contributed by atoms with Gasteiger partial charge in [0.2, 0.25) is 5.91 Å². The minimum atomic E-state index is -0.510. The average Bonchev–Trinajstić information content (AvgIpc) is 3.45. The van der Waals surface area contributed by atoms with Crippen LogP contribution in [0, 0.1) is 0 Å². The first-order valence-electron chi connectivity index (χ1n) is 10.8. The number of hydrogen-bond acceptors (Lipinski definition) is 8. The van der Waals surface area contributed by atoms with Gasteiger partial charge in [-0.25, -0.2) is 14.8 Å². The molecule has 3 aromatic heterocycles. The minimum Gasteiger partial charge on any atom is -0.494 e. The quantitative estimate of drug-likeness (QED) is 0.327. The van der Waals surface area contributed by atoms with E-state index in [1.54, 1.807) is 24.1 Å². The van der Waals surface area contributed by atoms with Gasteiger partial charge in [0.1, 0.15) is 17.8 Å². The third kappa shape index (κ3) is 4.99. The zero-order chi connectivity index (χ0) is 25.4. The Balaban J connectivity index is 0.00000361. The number of thiazole rings is 1. The van der Waals surface area contributed by atoms with Crippen LogP contribution in [-0.4, -0.2) is 68.8 Å². The largest absolute Gasteiger partial charge is 0.494 e. The van der Waals surface area contributed by atoms with Crippen molar-refractivity contribution in [1.82, 2.24) is 28.6 Å². The summed E-state index contributed by atoms with van der Waals surface area (Å²) in [6.45, 7) is 1.04. The van der Waals surface area contributed by atoms with Crippen LogP contribution in [0.25, 0.3) is 21.4 Å². The molecule has 4 rings (SSSR count). The molecule has 0 saturated heterocycles. The van der Waals surface area contributed by atoms with E-state index in [-0.39, 0.29) is 36.0 Å². The number of aromatic nitrogens is 5. The van der Waals surface area contributed by atoms with E-state index in [0.29, 0.717) is 34.4 Å². The second kappa shape index (κ2) is 11.0. The van der Waals surface area contributed by atoms with Crippen molar-refractivity contribution >= 4 is 67.8 Å². The first-order valence-corrected chi connectivity index (χ1v) is 12.0. The van der Waals surface area contributed by atoms with Gasteiger partial charge in [-0.1, -0.05) is 22.9 Å². The highest BCUT2D eigenvalue weighted by Gasteiger charge is 2.24. The zero-order valence-corrected chi connectivity index (χ0v) is 22.9. The van der Waals surface area contributed by atoms with Crippen LogP contribution in [0.3, 0.4) is 0 Å². The summed E-state index contributed by atoms with van der Waals surface area (Å²) in [5.41, 5.74) is 0.00267. The zero-order valence-electron chi connectivity index (χ0n) is 20.5. The summed E-state index contributed by atoms with van der Waals surface area (Å²) in [6, 6.07) is 3.48. The van der Waals surface area contributed by atoms with Crippen molar-refractivity contribution in [2.24, 2.45) is 14.1 Å². The lowest BCUT2D eigenvalue weighted by atomic mass is 10.3. The van der Waals surface area contributed by atoms with Crippen molar-refractivity contribution in [3.8, 4) is 5.75 Å². The fraction of sp³-hybridized carbons (Fsp3) is 0.409. The molecule has 4 aromatic rings. The van der Waals surface area contributed by atoms with Crippen molar-refractivity contribution in [3.63, 3.8) is 0 Å². The molecule has 11 nitrogen and oxygen atoms in total. The van der Waals surface area contributed by atoms with Crippen LogP contribution in [0.5, 0.6) is 5.75 Å². The molecule has 0 fully saturated rings. The lowest BCUT2D eigenvalue weighted by molar-refractivity contribution is -0.119. The number of amides is 1. The number of ether oxygens (including phenoxy) is 1. The molecule has 0 aliphatic carbocycles. The molecule has 194 valence electrons. The van der Waals surface area contributed by atoms with Gasteiger partial charge in [0, 0.05) is 20.6 Å². The van der Waals surface area contributed by atoms with Crippen molar-refractivity contribution in [2.45, 2.75) is 13.0 Å². The summed E-state index contributed by atoms with van der Waals surface area (Å²) < 4.78 is 9.91. The fourth-order valence-electron chi connectivity index (χ4n) is 3.84. The highest BCUT2D eigenvalue weighted by Crippen LogP contribution is 2.38. The maximum Gasteiger partial charge on any atom is 0.332 e. The van der Waals surface area contributed by atoms with Crippen LogP contribution in [-0.2, 0) is 25.4 Å². The number of benzene rings is 1. The van der Waals surface area contributed by atoms with Gasteiger partial charge in [0.25, 0.3) is 5.56 Å². The average molecular weight is 556 g/mol. The van der Waals surface area contributed by atoms with Gasteiger partial charge in [0.05, 0.1) is 23.2 Å². The number of hydrogen-bond donors (Lipinski definition) is 0. The summed E-state index contributed by atoms with van der Waals surface area (Å²) in [5.74, 6) is 0.297. The Morgan fingerprint density at radius 3 is 2.56 bits per heavy atom. The Labute approximate surface area is 221 Å². The van der Waals surface area contributed by atoms with Crippen LogP contribution < -0.4 is 20.9 Å². The summed E-state index contributed by atoms with van der Waals surface area (Å²) in [5, 5.41) is 1.01. The predicted octanol–water partition coefficient (Wildman–Crippen LogP) is 2.11. The molecular formula is C22H27Cl2N7O4S. The van der Waals surface area contributed by atoms with Crippen LogP contribution in [0.4, 0.5) is 5.13 Å². The lowest BCUT2D eigenvalue weighted by Gasteiger charge is -2.21. The van der Waals surface area contributed by atoms with E-state index >= 15 is 0 Å². The molecule has 0 radical (unpaired) electrons. The normalized spacial score (nSPS) is 11.3. The van der Waals surface area contributed by atoms with E-state index in [2.05, 4.69) is 9.97 Å². The van der Waals surface area contributed by atoms with E-state index in [1.807, 2.05) is 19.0 Å².